The molecule has 0 aromatic carbocycles. The van der Waals surface area contributed by atoms with E-state index in [1.807, 2.05) is 33.2 Å². The van der Waals surface area contributed by atoms with Gasteiger partial charge in [-0.2, -0.15) is 4.31 Å². The molecule has 0 aliphatic rings. The zero-order valence-electron chi connectivity index (χ0n) is 11.4. The standard InChI is InChI=1S/C12H22N2O2S2/c1-5-7-14(10(2)3)18(15,16)12-6-8-17-11(12)9-13-4/h6,8,10,13H,5,7,9H2,1-4H3. The second-order valence-electron chi connectivity index (χ2n) is 4.45. The quantitative estimate of drug-likeness (QED) is 0.838. The zero-order valence-corrected chi connectivity index (χ0v) is 13.1. The summed E-state index contributed by atoms with van der Waals surface area (Å²) < 4.78 is 26.8. The SMILES string of the molecule is CCCN(C(C)C)S(=O)(=O)c1ccsc1CNC. The second-order valence-corrected chi connectivity index (χ2v) is 7.31. The van der Waals surface area contributed by atoms with Gasteiger partial charge in [-0.15, -0.1) is 11.3 Å². The summed E-state index contributed by atoms with van der Waals surface area (Å²) >= 11 is 1.48. The molecule has 6 heteroatoms. The fraction of sp³-hybridized carbons (Fsp3) is 0.667. The van der Waals surface area contributed by atoms with Gasteiger partial charge in [0.2, 0.25) is 10.0 Å². The Balaban J connectivity index is 3.14. The summed E-state index contributed by atoms with van der Waals surface area (Å²) in [4.78, 5) is 1.32. The number of nitrogens with zero attached hydrogens (tertiary/aromatic N) is 1. The van der Waals surface area contributed by atoms with E-state index >= 15 is 0 Å². The van der Waals surface area contributed by atoms with Gasteiger partial charge in [0.25, 0.3) is 0 Å². The first kappa shape index (κ1) is 15.6. The van der Waals surface area contributed by atoms with E-state index in [-0.39, 0.29) is 6.04 Å². The highest BCUT2D eigenvalue weighted by Gasteiger charge is 2.28. The van der Waals surface area contributed by atoms with Crippen LogP contribution in [0.5, 0.6) is 0 Å². The molecule has 0 unspecified atom stereocenters. The molecule has 4 nitrogen and oxygen atoms in total. The molecule has 1 aromatic heterocycles. The normalized spacial score (nSPS) is 12.6. The minimum Gasteiger partial charge on any atom is -0.315 e. The van der Waals surface area contributed by atoms with Crippen LogP contribution >= 0.6 is 11.3 Å². The summed E-state index contributed by atoms with van der Waals surface area (Å²) in [6, 6.07) is 1.69. The van der Waals surface area contributed by atoms with E-state index < -0.39 is 10.0 Å². The third-order valence-electron chi connectivity index (χ3n) is 2.65. The van der Waals surface area contributed by atoms with Gasteiger partial charge in [-0.3, -0.25) is 0 Å². The van der Waals surface area contributed by atoms with Gasteiger partial charge in [-0.05, 0) is 38.8 Å². The molecule has 0 atom stereocenters. The second kappa shape index (κ2) is 6.65. The number of hydrogen-bond donors (Lipinski definition) is 1. The van der Waals surface area contributed by atoms with Gasteiger partial charge in [0.05, 0.1) is 4.90 Å². The first-order chi connectivity index (χ1) is 8.45. The molecular formula is C12H22N2O2S2. The van der Waals surface area contributed by atoms with E-state index in [9.17, 15) is 8.42 Å². The van der Waals surface area contributed by atoms with Crippen molar-refractivity contribution in [2.24, 2.45) is 0 Å². The summed E-state index contributed by atoms with van der Waals surface area (Å²) in [5.41, 5.74) is 0. The lowest BCUT2D eigenvalue weighted by Gasteiger charge is -2.25. The molecule has 0 aliphatic heterocycles. The maximum absolute atomic E-state index is 12.6. The largest absolute Gasteiger partial charge is 0.315 e. The van der Waals surface area contributed by atoms with E-state index in [1.54, 1.807) is 10.4 Å². The average Bonchev–Trinajstić information content (AvgIpc) is 2.74. The highest BCUT2D eigenvalue weighted by molar-refractivity contribution is 7.89. The van der Waals surface area contributed by atoms with Gasteiger partial charge in [-0.1, -0.05) is 6.92 Å². The van der Waals surface area contributed by atoms with E-state index in [0.717, 1.165) is 11.3 Å². The third kappa shape index (κ3) is 3.32. The van der Waals surface area contributed by atoms with Gasteiger partial charge >= 0.3 is 0 Å². The molecular weight excluding hydrogens is 268 g/mol. The topological polar surface area (TPSA) is 49.4 Å². The molecule has 0 spiro atoms. The fourth-order valence-corrected chi connectivity index (χ4v) is 5.01. The van der Waals surface area contributed by atoms with Crippen LogP contribution in [-0.2, 0) is 16.6 Å². The average molecular weight is 290 g/mol. The molecule has 18 heavy (non-hydrogen) atoms. The Morgan fingerprint density at radius 2 is 2.11 bits per heavy atom. The van der Waals surface area contributed by atoms with Gasteiger partial charge in [-0.25, -0.2) is 8.42 Å². The predicted molar refractivity (Wildman–Crippen MR) is 76.4 cm³/mol. The van der Waals surface area contributed by atoms with Crippen molar-refractivity contribution in [1.29, 1.82) is 0 Å². The Bertz CT molecular complexity index is 466. The summed E-state index contributed by atoms with van der Waals surface area (Å²) in [6.45, 7) is 6.97. The summed E-state index contributed by atoms with van der Waals surface area (Å²) in [5.74, 6) is 0. The number of thiophene rings is 1. The van der Waals surface area contributed by atoms with E-state index in [4.69, 9.17) is 0 Å². The number of nitrogens with one attached hydrogen (secondary N) is 1. The van der Waals surface area contributed by atoms with Crippen molar-refractivity contribution in [1.82, 2.24) is 9.62 Å². The Morgan fingerprint density at radius 3 is 2.61 bits per heavy atom. The Labute approximate surface area is 114 Å². The molecule has 0 amide bonds. The summed E-state index contributed by atoms with van der Waals surface area (Å²) in [7, 11) is -1.55. The van der Waals surface area contributed by atoms with Crippen LogP contribution in [0.4, 0.5) is 0 Å². The molecule has 1 aromatic rings. The van der Waals surface area contributed by atoms with Crippen LogP contribution in [0.2, 0.25) is 0 Å². The molecule has 0 bridgehead atoms. The molecule has 1 N–H and O–H groups in total. The van der Waals surface area contributed by atoms with Crippen molar-refractivity contribution >= 4 is 21.4 Å². The van der Waals surface area contributed by atoms with Gasteiger partial charge in [0.1, 0.15) is 0 Å². The predicted octanol–water partition coefficient (Wildman–Crippen LogP) is 2.28. The van der Waals surface area contributed by atoms with Crippen LogP contribution in [0.15, 0.2) is 16.3 Å². The highest BCUT2D eigenvalue weighted by Crippen LogP contribution is 2.26. The van der Waals surface area contributed by atoms with Crippen molar-refractivity contribution in [3.63, 3.8) is 0 Å². The van der Waals surface area contributed by atoms with E-state index in [1.165, 1.54) is 11.3 Å². The van der Waals surface area contributed by atoms with Crippen LogP contribution in [0, 0.1) is 0 Å². The molecule has 1 heterocycles. The molecule has 0 saturated heterocycles. The minimum absolute atomic E-state index is 0.0164. The van der Waals surface area contributed by atoms with Crippen molar-refractivity contribution in [2.75, 3.05) is 13.6 Å². The van der Waals surface area contributed by atoms with E-state index in [2.05, 4.69) is 5.32 Å². The molecule has 1 rings (SSSR count). The lowest BCUT2D eigenvalue weighted by atomic mass is 10.4. The van der Waals surface area contributed by atoms with Crippen molar-refractivity contribution in [3.05, 3.63) is 16.3 Å². The Hall–Kier alpha value is -0.430. The molecule has 104 valence electrons. The third-order valence-corrected chi connectivity index (χ3v) is 5.86. The van der Waals surface area contributed by atoms with Crippen LogP contribution in [0.3, 0.4) is 0 Å². The molecule has 0 aliphatic carbocycles. The lowest BCUT2D eigenvalue weighted by Crippen LogP contribution is -2.37. The number of sulfonamides is 1. The first-order valence-corrected chi connectivity index (χ1v) is 8.49. The zero-order chi connectivity index (χ0) is 13.8. The fourth-order valence-electron chi connectivity index (χ4n) is 1.85. The molecule has 0 radical (unpaired) electrons. The Kier molecular flexibility index (Phi) is 5.78. The first-order valence-electron chi connectivity index (χ1n) is 6.18. The number of hydrogen-bond acceptors (Lipinski definition) is 4. The van der Waals surface area contributed by atoms with Crippen LogP contribution in [0.1, 0.15) is 32.1 Å². The van der Waals surface area contributed by atoms with Crippen LogP contribution in [-0.4, -0.2) is 32.4 Å². The summed E-state index contributed by atoms with van der Waals surface area (Å²) in [6.07, 6.45) is 0.822. The van der Waals surface area contributed by atoms with Gasteiger partial charge in [0.15, 0.2) is 0 Å². The highest BCUT2D eigenvalue weighted by atomic mass is 32.2. The molecule has 0 fully saturated rings. The maximum atomic E-state index is 12.6. The molecule has 0 saturated carbocycles. The van der Waals surface area contributed by atoms with E-state index in [0.29, 0.717) is 18.0 Å². The van der Waals surface area contributed by atoms with Crippen LogP contribution in [0.25, 0.3) is 0 Å². The number of rotatable bonds is 7. The monoisotopic (exact) mass is 290 g/mol. The van der Waals surface area contributed by atoms with Crippen molar-refractivity contribution in [3.8, 4) is 0 Å². The Morgan fingerprint density at radius 1 is 1.44 bits per heavy atom. The van der Waals surface area contributed by atoms with Gasteiger partial charge in [0, 0.05) is 24.0 Å². The van der Waals surface area contributed by atoms with Crippen molar-refractivity contribution < 1.29 is 8.42 Å². The van der Waals surface area contributed by atoms with Crippen LogP contribution < -0.4 is 5.32 Å². The smallest absolute Gasteiger partial charge is 0.244 e. The van der Waals surface area contributed by atoms with Crippen molar-refractivity contribution in [2.45, 2.75) is 44.7 Å². The summed E-state index contributed by atoms with van der Waals surface area (Å²) in [5, 5.41) is 4.85. The maximum Gasteiger partial charge on any atom is 0.244 e. The lowest BCUT2D eigenvalue weighted by molar-refractivity contribution is 0.354. The van der Waals surface area contributed by atoms with Gasteiger partial charge < -0.3 is 5.32 Å². The minimum atomic E-state index is -3.37.